The number of rotatable bonds is 7. The van der Waals surface area contributed by atoms with Gasteiger partial charge in [0, 0.05) is 29.1 Å². The number of amides is 1. The first kappa shape index (κ1) is 15.9. The van der Waals surface area contributed by atoms with Gasteiger partial charge in [0.1, 0.15) is 0 Å². The van der Waals surface area contributed by atoms with Crippen molar-refractivity contribution in [3.63, 3.8) is 0 Å². The number of anilines is 1. The quantitative estimate of drug-likeness (QED) is 0.789. The lowest BCUT2D eigenvalue weighted by Gasteiger charge is -2.02. The van der Waals surface area contributed by atoms with E-state index in [0.717, 1.165) is 15.5 Å². The molecule has 0 aliphatic rings. The van der Waals surface area contributed by atoms with Gasteiger partial charge in [0.05, 0.1) is 13.0 Å². The molecular formula is C15H17ClN2O2S. The predicted octanol–water partition coefficient (Wildman–Crippen LogP) is 3.75. The minimum absolute atomic E-state index is 0.0814. The summed E-state index contributed by atoms with van der Waals surface area (Å²) in [5.41, 5.74) is 1.05. The molecule has 2 aromatic rings. The Hall–Kier alpha value is -1.43. The van der Waals surface area contributed by atoms with Crippen LogP contribution in [0.15, 0.2) is 30.5 Å². The van der Waals surface area contributed by atoms with Crippen molar-refractivity contribution in [1.82, 2.24) is 4.98 Å². The van der Waals surface area contributed by atoms with E-state index in [0.29, 0.717) is 31.2 Å². The van der Waals surface area contributed by atoms with E-state index in [4.69, 9.17) is 16.3 Å². The summed E-state index contributed by atoms with van der Waals surface area (Å²) in [7, 11) is 0. The molecule has 2 rings (SSSR count). The van der Waals surface area contributed by atoms with E-state index in [9.17, 15) is 4.79 Å². The number of carbonyl (C=O) groups is 1. The van der Waals surface area contributed by atoms with Gasteiger partial charge in [0.2, 0.25) is 5.91 Å². The number of ether oxygens (including phenoxy) is 1. The summed E-state index contributed by atoms with van der Waals surface area (Å²) in [5, 5.41) is 4.13. The highest BCUT2D eigenvalue weighted by atomic mass is 35.5. The summed E-state index contributed by atoms with van der Waals surface area (Å²) in [6, 6.07) is 7.72. The number of benzene rings is 1. The molecule has 1 amide bonds. The lowest BCUT2D eigenvalue weighted by molar-refractivity contribution is -0.117. The molecule has 1 N–H and O–H groups in total. The van der Waals surface area contributed by atoms with Gasteiger partial charge in [-0.15, -0.1) is 11.3 Å². The zero-order chi connectivity index (χ0) is 15.1. The Morgan fingerprint density at radius 1 is 1.43 bits per heavy atom. The normalized spacial score (nSPS) is 10.6. The fraction of sp³-hybridized carbons (Fsp3) is 0.333. The average molecular weight is 325 g/mol. The largest absolute Gasteiger partial charge is 0.381 e. The maximum atomic E-state index is 11.7. The van der Waals surface area contributed by atoms with Crippen LogP contribution < -0.4 is 5.32 Å². The zero-order valence-electron chi connectivity index (χ0n) is 11.8. The van der Waals surface area contributed by atoms with Gasteiger partial charge < -0.3 is 10.1 Å². The highest BCUT2D eigenvalue weighted by Gasteiger charge is 2.08. The Balaban J connectivity index is 1.89. The van der Waals surface area contributed by atoms with Crippen molar-refractivity contribution < 1.29 is 9.53 Å². The molecule has 0 atom stereocenters. The lowest BCUT2D eigenvalue weighted by atomic mass is 10.1. The fourth-order valence-electron chi connectivity index (χ4n) is 1.77. The molecule has 21 heavy (non-hydrogen) atoms. The van der Waals surface area contributed by atoms with Gasteiger partial charge >= 0.3 is 0 Å². The monoisotopic (exact) mass is 324 g/mol. The summed E-state index contributed by atoms with van der Waals surface area (Å²) in [6.45, 7) is 2.95. The van der Waals surface area contributed by atoms with Crippen LogP contribution in [-0.4, -0.2) is 24.1 Å². The van der Waals surface area contributed by atoms with Gasteiger partial charge in [0.15, 0.2) is 5.13 Å². The summed E-state index contributed by atoms with van der Waals surface area (Å²) >= 11 is 7.60. The van der Waals surface area contributed by atoms with Gasteiger partial charge in [-0.1, -0.05) is 29.8 Å². The van der Waals surface area contributed by atoms with Gasteiger partial charge in [-0.2, -0.15) is 0 Å². The van der Waals surface area contributed by atoms with E-state index in [1.807, 2.05) is 31.2 Å². The summed E-state index contributed by atoms with van der Waals surface area (Å²) in [5.74, 6) is -0.0814. The van der Waals surface area contributed by atoms with Crippen LogP contribution >= 0.6 is 22.9 Å². The maximum absolute atomic E-state index is 11.7. The minimum Gasteiger partial charge on any atom is -0.381 e. The van der Waals surface area contributed by atoms with E-state index >= 15 is 0 Å². The molecule has 1 heterocycles. The lowest BCUT2D eigenvalue weighted by Crippen LogP contribution is -2.13. The van der Waals surface area contributed by atoms with Crippen molar-refractivity contribution in [2.24, 2.45) is 0 Å². The highest BCUT2D eigenvalue weighted by Crippen LogP contribution is 2.24. The maximum Gasteiger partial charge on any atom is 0.228 e. The molecule has 1 aromatic heterocycles. The van der Waals surface area contributed by atoms with Crippen molar-refractivity contribution in [3.05, 3.63) is 45.9 Å². The van der Waals surface area contributed by atoms with Crippen LogP contribution in [-0.2, 0) is 16.0 Å². The van der Waals surface area contributed by atoms with Crippen molar-refractivity contribution in [3.8, 4) is 0 Å². The second kappa shape index (κ2) is 8.12. The second-order valence-corrected chi connectivity index (χ2v) is 5.92. The van der Waals surface area contributed by atoms with E-state index < -0.39 is 0 Å². The molecule has 0 saturated carbocycles. The number of hydrogen-bond acceptors (Lipinski definition) is 4. The van der Waals surface area contributed by atoms with Crippen molar-refractivity contribution in [2.75, 3.05) is 18.5 Å². The third kappa shape index (κ3) is 5.12. The van der Waals surface area contributed by atoms with Crippen LogP contribution in [0.2, 0.25) is 5.02 Å². The number of nitrogens with zero attached hydrogens (tertiary/aromatic N) is 1. The molecule has 0 unspecified atom stereocenters. The Labute approximate surface area is 133 Å². The molecule has 0 spiro atoms. The number of halogens is 1. The number of hydrogen-bond donors (Lipinski definition) is 1. The van der Waals surface area contributed by atoms with Crippen LogP contribution in [0.4, 0.5) is 5.13 Å². The first-order valence-electron chi connectivity index (χ1n) is 6.74. The van der Waals surface area contributed by atoms with Crippen LogP contribution in [0.1, 0.15) is 23.8 Å². The van der Waals surface area contributed by atoms with Crippen molar-refractivity contribution in [1.29, 1.82) is 0 Å². The van der Waals surface area contributed by atoms with Crippen molar-refractivity contribution in [2.45, 2.75) is 19.8 Å². The first-order chi connectivity index (χ1) is 10.2. The number of carbonyl (C=O) groups excluding carboxylic acids is 1. The van der Waals surface area contributed by atoms with Crippen LogP contribution in [0.5, 0.6) is 0 Å². The smallest absolute Gasteiger partial charge is 0.228 e. The van der Waals surface area contributed by atoms with Gasteiger partial charge in [-0.3, -0.25) is 4.79 Å². The highest BCUT2D eigenvalue weighted by molar-refractivity contribution is 7.15. The van der Waals surface area contributed by atoms with Gasteiger partial charge in [0.25, 0.3) is 0 Å². The number of nitrogens with one attached hydrogen (secondary N) is 1. The number of aromatic nitrogens is 1. The molecule has 1 aromatic carbocycles. The van der Waals surface area contributed by atoms with Gasteiger partial charge in [-0.25, -0.2) is 4.98 Å². The molecule has 0 radical (unpaired) electrons. The molecular weight excluding hydrogens is 308 g/mol. The van der Waals surface area contributed by atoms with E-state index in [2.05, 4.69) is 10.3 Å². The summed E-state index contributed by atoms with van der Waals surface area (Å²) in [4.78, 5) is 16.9. The third-order valence-electron chi connectivity index (χ3n) is 2.80. The topological polar surface area (TPSA) is 51.2 Å². The van der Waals surface area contributed by atoms with Crippen LogP contribution in [0.3, 0.4) is 0 Å². The van der Waals surface area contributed by atoms with Crippen LogP contribution in [0, 0.1) is 0 Å². The molecule has 0 bridgehead atoms. The molecule has 112 valence electrons. The summed E-state index contributed by atoms with van der Waals surface area (Å²) in [6.07, 6.45) is 2.82. The first-order valence-corrected chi connectivity index (χ1v) is 7.94. The molecule has 6 heteroatoms. The van der Waals surface area contributed by atoms with Crippen molar-refractivity contribution >= 4 is 34.0 Å². The summed E-state index contributed by atoms with van der Waals surface area (Å²) < 4.78 is 5.15. The van der Waals surface area contributed by atoms with Crippen LogP contribution in [0.25, 0.3) is 0 Å². The van der Waals surface area contributed by atoms with E-state index in [-0.39, 0.29) is 5.91 Å². The molecule has 0 aliphatic heterocycles. The number of thiazole rings is 1. The molecule has 4 nitrogen and oxygen atoms in total. The third-order valence-corrected chi connectivity index (χ3v) is 4.08. The Kier molecular flexibility index (Phi) is 6.17. The minimum atomic E-state index is -0.0814. The zero-order valence-corrected chi connectivity index (χ0v) is 13.3. The fourth-order valence-corrected chi connectivity index (χ4v) is 2.82. The van der Waals surface area contributed by atoms with Gasteiger partial charge in [-0.05, 0) is 18.6 Å². The molecule has 0 saturated heterocycles. The average Bonchev–Trinajstić information content (AvgIpc) is 2.89. The van der Waals surface area contributed by atoms with E-state index in [1.54, 1.807) is 6.20 Å². The van der Waals surface area contributed by atoms with E-state index in [1.165, 1.54) is 11.3 Å². The molecule has 0 fully saturated rings. The molecule has 0 aliphatic carbocycles. The second-order valence-electron chi connectivity index (χ2n) is 4.40. The Morgan fingerprint density at radius 2 is 2.24 bits per heavy atom. The standard InChI is InChI=1S/C15H17ClN2O2S/c1-2-20-8-7-14(19)18-15-17-10-12(21-15)9-11-5-3-4-6-13(11)16/h3-6,10H,2,7-9H2,1H3,(H,17,18,19). The SMILES string of the molecule is CCOCCC(=O)Nc1ncc(Cc2ccccc2Cl)s1. The Bertz CT molecular complexity index is 601. The predicted molar refractivity (Wildman–Crippen MR) is 86.1 cm³/mol. The Morgan fingerprint density at radius 3 is 3.00 bits per heavy atom.